The number of nitrogens with two attached hydrogens (primary N) is 1. The van der Waals surface area contributed by atoms with Gasteiger partial charge in [-0.3, -0.25) is 9.59 Å². The predicted molar refractivity (Wildman–Crippen MR) is 96.2 cm³/mol. The Bertz CT molecular complexity index is 971. The minimum Gasteiger partial charge on any atom is -0.461 e. The molecule has 1 aliphatic carbocycles. The van der Waals surface area contributed by atoms with Crippen molar-refractivity contribution in [3.05, 3.63) is 46.2 Å². The Morgan fingerprint density at radius 2 is 2.23 bits per heavy atom. The molecule has 3 heterocycles. The molecule has 0 bridgehead atoms. The van der Waals surface area contributed by atoms with E-state index >= 15 is 0 Å². The van der Waals surface area contributed by atoms with Crippen LogP contribution in [0.2, 0.25) is 0 Å². The molecule has 3 aromatic rings. The lowest BCUT2D eigenvalue weighted by molar-refractivity contribution is 0.1000. The molecule has 3 N–H and O–H groups in total. The van der Waals surface area contributed by atoms with Crippen LogP contribution in [0.3, 0.4) is 0 Å². The van der Waals surface area contributed by atoms with E-state index in [9.17, 15) is 9.59 Å². The van der Waals surface area contributed by atoms with Crippen molar-refractivity contribution in [1.29, 1.82) is 0 Å². The predicted octanol–water partition coefficient (Wildman–Crippen LogP) is 3.47. The lowest BCUT2D eigenvalue weighted by atomic mass is 9.88. The first-order valence-electron chi connectivity index (χ1n) is 8.29. The average Bonchev–Trinajstić information content (AvgIpc) is 3.32. The fraction of sp³-hybridized carbons (Fsp3) is 0.278. The first-order valence-corrected chi connectivity index (χ1v) is 9.11. The summed E-state index contributed by atoms with van der Waals surface area (Å²) in [6.45, 7) is 2.18. The van der Waals surface area contributed by atoms with Gasteiger partial charge in [-0.05, 0) is 42.9 Å². The number of rotatable bonds is 4. The summed E-state index contributed by atoms with van der Waals surface area (Å²) >= 11 is 1.41. The van der Waals surface area contributed by atoms with Crippen LogP contribution in [0.4, 0.5) is 5.00 Å². The molecule has 0 fully saturated rings. The van der Waals surface area contributed by atoms with Crippen molar-refractivity contribution in [3.8, 4) is 11.5 Å². The van der Waals surface area contributed by atoms with Crippen molar-refractivity contribution in [2.45, 2.75) is 26.2 Å². The highest BCUT2D eigenvalue weighted by Gasteiger charge is 2.28. The smallest absolute Gasteiger partial charge is 0.278 e. The van der Waals surface area contributed by atoms with E-state index in [1.54, 1.807) is 12.1 Å². The lowest BCUT2D eigenvalue weighted by Crippen LogP contribution is -2.19. The van der Waals surface area contributed by atoms with Gasteiger partial charge in [0.2, 0.25) is 5.76 Å². The first kappa shape index (κ1) is 16.6. The fourth-order valence-electron chi connectivity index (χ4n) is 3.18. The normalized spacial score (nSPS) is 16.3. The third-order valence-corrected chi connectivity index (χ3v) is 5.66. The van der Waals surface area contributed by atoms with Crippen LogP contribution in [-0.4, -0.2) is 17.0 Å². The number of hydrogen-bond donors (Lipinski definition) is 2. The molecule has 1 aliphatic rings. The highest BCUT2D eigenvalue weighted by molar-refractivity contribution is 7.17. The second kappa shape index (κ2) is 6.45. The van der Waals surface area contributed by atoms with E-state index < -0.39 is 11.8 Å². The summed E-state index contributed by atoms with van der Waals surface area (Å²) in [5.41, 5.74) is 7.06. The number of amides is 2. The Kier molecular flexibility index (Phi) is 4.12. The summed E-state index contributed by atoms with van der Waals surface area (Å²) in [7, 11) is 0. The number of thiophene rings is 1. The van der Waals surface area contributed by atoms with Crippen LogP contribution in [0.5, 0.6) is 0 Å². The van der Waals surface area contributed by atoms with Crippen molar-refractivity contribution in [3.63, 3.8) is 0 Å². The van der Waals surface area contributed by atoms with Gasteiger partial charge in [0, 0.05) is 10.9 Å². The van der Waals surface area contributed by atoms with Crippen molar-refractivity contribution in [1.82, 2.24) is 5.16 Å². The molecule has 0 spiro atoms. The Hall–Kier alpha value is -2.87. The van der Waals surface area contributed by atoms with E-state index in [0.29, 0.717) is 28.0 Å². The van der Waals surface area contributed by atoms with Crippen LogP contribution in [-0.2, 0) is 12.8 Å². The summed E-state index contributed by atoms with van der Waals surface area (Å²) in [5.74, 6) is 0.408. The number of hydrogen-bond acceptors (Lipinski definition) is 6. The van der Waals surface area contributed by atoms with Crippen molar-refractivity contribution < 1.29 is 18.5 Å². The molecule has 0 aliphatic heterocycles. The van der Waals surface area contributed by atoms with Crippen LogP contribution in [0.15, 0.2) is 33.4 Å². The van der Waals surface area contributed by atoms with E-state index in [0.717, 1.165) is 29.7 Å². The van der Waals surface area contributed by atoms with Gasteiger partial charge in [0.05, 0.1) is 11.8 Å². The molecule has 7 nitrogen and oxygen atoms in total. The van der Waals surface area contributed by atoms with Crippen molar-refractivity contribution in [2.75, 3.05) is 5.32 Å². The van der Waals surface area contributed by atoms with Gasteiger partial charge in [-0.1, -0.05) is 12.1 Å². The van der Waals surface area contributed by atoms with Gasteiger partial charge in [-0.15, -0.1) is 11.3 Å². The number of carbonyl (C=O) groups is 2. The molecular weight excluding hydrogens is 354 g/mol. The maximum absolute atomic E-state index is 12.5. The number of furan rings is 1. The standard InChI is InChI=1S/C18H17N3O4S/c1-9-4-5-10-14(7-9)26-18(15(10)16(19)22)20-17(23)11-8-13(25-21-11)12-3-2-6-24-12/h2-3,6,8-9H,4-5,7H2,1H3,(H2,19,22)(H,20,23)/t9-/m1/s1. The zero-order chi connectivity index (χ0) is 18.3. The number of primary amides is 1. The summed E-state index contributed by atoms with van der Waals surface area (Å²) in [6, 6.07) is 4.92. The van der Waals surface area contributed by atoms with E-state index in [-0.39, 0.29) is 5.69 Å². The van der Waals surface area contributed by atoms with Gasteiger partial charge >= 0.3 is 0 Å². The topological polar surface area (TPSA) is 111 Å². The number of fused-ring (bicyclic) bond motifs is 1. The van der Waals surface area contributed by atoms with Crippen LogP contribution < -0.4 is 11.1 Å². The number of nitrogens with one attached hydrogen (secondary N) is 1. The van der Waals surface area contributed by atoms with Gasteiger partial charge in [0.15, 0.2) is 11.5 Å². The van der Waals surface area contributed by atoms with Crippen LogP contribution in [0.1, 0.15) is 44.6 Å². The van der Waals surface area contributed by atoms with Crippen molar-refractivity contribution >= 4 is 28.2 Å². The Morgan fingerprint density at radius 1 is 1.38 bits per heavy atom. The third-order valence-electron chi connectivity index (χ3n) is 4.49. The van der Waals surface area contributed by atoms with Gasteiger partial charge in [0.25, 0.3) is 11.8 Å². The molecule has 0 radical (unpaired) electrons. The first-order chi connectivity index (χ1) is 12.5. The number of nitrogens with zero attached hydrogens (tertiary/aromatic N) is 1. The van der Waals surface area contributed by atoms with Crippen LogP contribution >= 0.6 is 11.3 Å². The average molecular weight is 371 g/mol. The van der Waals surface area contributed by atoms with E-state index in [1.807, 2.05) is 0 Å². The van der Waals surface area contributed by atoms with E-state index in [2.05, 4.69) is 17.4 Å². The molecule has 8 heteroatoms. The largest absolute Gasteiger partial charge is 0.461 e. The number of aromatic nitrogens is 1. The minimum atomic E-state index is -0.524. The number of anilines is 1. The van der Waals surface area contributed by atoms with E-state index in [1.165, 1.54) is 23.7 Å². The zero-order valence-electron chi connectivity index (χ0n) is 14.1. The molecule has 4 rings (SSSR count). The summed E-state index contributed by atoms with van der Waals surface area (Å²) in [5, 5.41) is 7.02. The van der Waals surface area contributed by atoms with Crippen LogP contribution in [0, 0.1) is 5.92 Å². The molecule has 0 aromatic carbocycles. The molecule has 0 saturated heterocycles. The second-order valence-electron chi connectivity index (χ2n) is 6.43. The van der Waals surface area contributed by atoms with Gasteiger partial charge in [-0.2, -0.15) is 0 Å². The van der Waals surface area contributed by atoms with Gasteiger partial charge in [0.1, 0.15) is 5.00 Å². The van der Waals surface area contributed by atoms with Gasteiger partial charge < -0.3 is 20.0 Å². The quantitative estimate of drug-likeness (QED) is 0.729. The number of carbonyl (C=O) groups excluding carboxylic acids is 2. The molecule has 2 amide bonds. The van der Waals surface area contributed by atoms with Gasteiger partial charge in [-0.25, -0.2) is 0 Å². The zero-order valence-corrected chi connectivity index (χ0v) is 14.9. The minimum absolute atomic E-state index is 0.103. The third kappa shape index (κ3) is 2.92. The summed E-state index contributed by atoms with van der Waals surface area (Å²) < 4.78 is 10.4. The molecule has 26 heavy (non-hydrogen) atoms. The molecule has 3 aromatic heterocycles. The summed E-state index contributed by atoms with van der Waals surface area (Å²) in [4.78, 5) is 25.6. The molecule has 134 valence electrons. The SMILES string of the molecule is C[C@@H]1CCc2c(sc(NC(=O)c3cc(-c4ccco4)on3)c2C(N)=O)C1. The Labute approximate surface area is 153 Å². The second-order valence-corrected chi connectivity index (χ2v) is 7.53. The van der Waals surface area contributed by atoms with Crippen molar-refractivity contribution in [2.24, 2.45) is 11.7 Å². The summed E-state index contributed by atoms with van der Waals surface area (Å²) in [6.07, 6.45) is 4.21. The Balaban J connectivity index is 1.61. The van der Waals surface area contributed by atoms with E-state index in [4.69, 9.17) is 14.7 Å². The molecular formula is C18H17N3O4S. The monoisotopic (exact) mass is 371 g/mol. The lowest BCUT2D eigenvalue weighted by Gasteiger charge is -2.18. The highest BCUT2D eigenvalue weighted by Crippen LogP contribution is 2.39. The molecule has 1 atom stereocenters. The highest BCUT2D eigenvalue weighted by atomic mass is 32.1. The maximum atomic E-state index is 12.5. The molecule has 0 saturated carbocycles. The maximum Gasteiger partial charge on any atom is 0.278 e. The Morgan fingerprint density at radius 3 is 2.96 bits per heavy atom. The molecule has 0 unspecified atom stereocenters. The fourth-order valence-corrected chi connectivity index (χ4v) is 4.59. The van der Waals surface area contributed by atoms with Crippen LogP contribution in [0.25, 0.3) is 11.5 Å².